The first-order valence-corrected chi connectivity index (χ1v) is 8.15. The van der Waals surface area contributed by atoms with E-state index in [1.807, 2.05) is 24.3 Å². The Kier molecular flexibility index (Phi) is 6.21. The second kappa shape index (κ2) is 8.37. The van der Waals surface area contributed by atoms with Gasteiger partial charge < -0.3 is 10.2 Å². The van der Waals surface area contributed by atoms with Gasteiger partial charge in [0.2, 0.25) is 5.91 Å². The number of carbonyl (C=O) groups excluding carboxylic acids is 1. The molecule has 0 aliphatic carbocycles. The molecule has 3 heteroatoms. The van der Waals surface area contributed by atoms with Gasteiger partial charge >= 0.3 is 0 Å². The lowest BCUT2D eigenvalue weighted by Gasteiger charge is -2.19. The summed E-state index contributed by atoms with van der Waals surface area (Å²) in [5.74, 6) is 0.0932. The highest BCUT2D eigenvalue weighted by molar-refractivity contribution is 5.78. The van der Waals surface area contributed by atoms with Crippen molar-refractivity contribution < 1.29 is 4.79 Å². The minimum Gasteiger partial charge on any atom is -0.375 e. The van der Waals surface area contributed by atoms with E-state index in [9.17, 15) is 4.79 Å². The van der Waals surface area contributed by atoms with Gasteiger partial charge in [-0.1, -0.05) is 36.4 Å². The molecule has 0 aliphatic rings. The van der Waals surface area contributed by atoms with Crippen LogP contribution in [0.5, 0.6) is 0 Å². The van der Waals surface area contributed by atoms with Crippen LogP contribution in [-0.2, 0) is 11.2 Å². The number of anilines is 1. The van der Waals surface area contributed by atoms with Gasteiger partial charge in [-0.2, -0.15) is 0 Å². The minimum absolute atomic E-state index is 0.0932. The third-order valence-electron chi connectivity index (χ3n) is 4.13. The van der Waals surface area contributed by atoms with E-state index in [-0.39, 0.29) is 5.91 Å². The number of hydrogen-bond acceptors (Lipinski definition) is 2. The highest BCUT2D eigenvalue weighted by atomic mass is 16.1. The predicted molar refractivity (Wildman–Crippen MR) is 97.0 cm³/mol. The molecule has 1 amide bonds. The molecule has 3 nitrogen and oxygen atoms in total. The van der Waals surface area contributed by atoms with Gasteiger partial charge in [-0.05, 0) is 49.1 Å². The van der Waals surface area contributed by atoms with Crippen LogP contribution in [0.3, 0.4) is 0 Å². The number of nitrogens with one attached hydrogen (secondary N) is 1. The molecule has 0 saturated heterocycles. The lowest BCUT2D eigenvalue weighted by Crippen LogP contribution is -2.29. The molecule has 0 aliphatic heterocycles. The molecule has 2 aromatic rings. The van der Waals surface area contributed by atoms with E-state index in [1.165, 1.54) is 16.8 Å². The van der Waals surface area contributed by atoms with Crippen LogP contribution < -0.4 is 10.2 Å². The molecular formula is C20H26N2O. The largest absolute Gasteiger partial charge is 0.375 e. The molecule has 0 bridgehead atoms. The normalized spacial score (nSPS) is 10.4. The average Bonchev–Trinajstić information content (AvgIpc) is 2.55. The van der Waals surface area contributed by atoms with Crippen molar-refractivity contribution in [1.29, 1.82) is 0 Å². The molecule has 0 radical (unpaired) electrons. The maximum Gasteiger partial charge on any atom is 0.224 e. The lowest BCUT2D eigenvalue weighted by atomic mass is 10.0. The van der Waals surface area contributed by atoms with E-state index >= 15 is 0 Å². The molecule has 23 heavy (non-hydrogen) atoms. The zero-order valence-electron chi connectivity index (χ0n) is 14.3. The Morgan fingerprint density at radius 3 is 2.48 bits per heavy atom. The van der Waals surface area contributed by atoms with Gasteiger partial charge in [0.25, 0.3) is 0 Å². The maximum atomic E-state index is 12.0. The summed E-state index contributed by atoms with van der Waals surface area (Å²) < 4.78 is 0. The third-order valence-corrected chi connectivity index (χ3v) is 4.13. The van der Waals surface area contributed by atoms with Crippen LogP contribution >= 0.6 is 0 Å². The summed E-state index contributed by atoms with van der Waals surface area (Å²) in [5, 5.41) is 3.01. The van der Waals surface area contributed by atoms with Crippen molar-refractivity contribution in [3.63, 3.8) is 0 Å². The van der Waals surface area contributed by atoms with Crippen molar-refractivity contribution in [3.8, 4) is 0 Å². The number of hydrogen-bond donors (Lipinski definition) is 1. The van der Waals surface area contributed by atoms with Gasteiger partial charge in [-0.15, -0.1) is 0 Å². The first-order chi connectivity index (χ1) is 11.1. The second-order valence-electron chi connectivity index (χ2n) is 6.06. The van der Waals surface area contributed by atoms with Crippen molar-refractivity contribution >= 4 is 11.6 Å². The van der Waals surface area contributed by atoms with Crippen LogP contribution in [-0.4, -0.2) is 26.0 Å². The van der Waals surface area contributed by atoms with E-state index in [0.717, 1.165) is 18.5 Å². The Bertz CT molecular complexity index is 637. The molecule has 0 atom stereocenters. The molecule has 0 fully saturated rings. The summed E-state index contributed by atoms with van der Waals surface area (Å²) in [6, 6.07) is 16.5. The quantitative estimate of drug-likeness (QED) is 0.794. The molecule has 2 aromatic carbocycles. The number of rotatable bonds is 7. The molecule has 0 aromatic heterocycles. The van der Waals surface area contributed by atoms with Crippen LogP contribution in [0.4, 0.5) is 5.69 Å². The fourth-order valence-corrected chi connectivity index (χ4v) is 2.52. The topological polar surface area (TPSA) is 32.3 Å². The molecule has 0 unspecified atom stereocenters. The average molecular weight is 310 g/mol. The Morgan fingerprint density at radius 1 is 1.04 bits per heavy atom. The van der Waals surface area contributed by atoms with Crippen molar-refractivity contribution in [2.75, 3.05) is 25.0 Å². The summed E-state index contributed by atoms with van der Waals surface area (Å²) in [5.41, 5.74) is 4.78. The number of benzene rings is 2. The van der Waals surface area contributed by atoms with Crippen molar-refractivity contribution in [1.82, 2.24) is 5.32 Å². The SMILES string of the molecule is Cc1ccc(CC(=O)NCCCN(C)c2ccccc2)cc1C. The van der Waals surface area contributed by atoms with Crippen molar-refractivity contribution in [2.24, 2.45) is 0 Å². The Balaban J connectivity index is 1.69. The molecule has 122 valence electrons. The molecule has 2 rings (SSSR count). The number of amides is 1. The fraction of sp³-hybridized carbons (Fsp3) is 0.350. The van der Waals surface area contributed by atoms with Gasteiger partial charge in [0, 0.05) is 25.8 Å². The summed E-state index contributed by atoms with van der Waals surface area (Å²) in [6.07, 6.45) is 1.39. The van der Waals surface area contributed by atoms with Crippen molar-refractivity contribution in [2.45, 2.75) is 26.7 Å². The van der Waals surface area contributed by atoms with Crippen LogP contribution in [0.2, 0.25) is 0 Å². The third kappa shape index (κ3) is 5.44. The number of aryl methyl sites for hydroxylation is 2. The maximum absolute atomic E-state index is 12.0. The first-order valence-electron chi connectivity index (χ1n) is 8.15. The Hall–Kier alpha value is -2.29. The number of carbonyl (C=O) groups is 1. The van der Waals surface area contributed by atoms with Crippen molar-refractivity contribution in [3.05, 3.63) is 65.2 Å². The zero-order chi connectivity index (χ0) is 16.7. The summed E-state index contributed by atoms with van der Waals surface area (Å²) in [6.45, 7) is 5.80. The summed E-state index contributed by atoms with van der Waals surface area (Å²) in [4.78, 5) is 14.2. The molecule has 0 spiro atoms. The Morgan fingerprint density at radius 2 is 1.78 bits per heavy atom. The van der Waals surface area contributed by atoms with E-state index < -0.39 is 0 Å². The van der Waals surface area contributed by atoms with Crippen LogP contribution in [0, 0.1) is 13.8 Å². The smallest absolute Gasteiger partial charge is 0.224 e. The minimum atomic E-state index is 0.0932. The van der Waals surface area contributed by atoms with Gasteiger partial charge in [0.05, 0.1) is 6.42 Å². The van der Waals surface area contributed by atoms with Crippen LogP contribution in [0.15, 0.2) is 48.5 Å². The van der Waals surface area contributed by atoms with Gasteiger partial charge in [-0.3, -0.25) is 4.79 Å². The Labute approximate surface area is 139 Å². The standard InChI is InChI=1S/C20H26N2O/c1-16-10-11-18(14-17(16)2)15-20(23)21-12-7-13-22(3)19-8-5-4-6-9-19/h4-6,8-11,14H,7,12-13,15H2,1-3H3,(H,21,23). The predicted octanol–water partition coefficient (Wildman–Crippen LogP) is 3.49. The summed E-state index contributed by atoms with van der Waals surface area (Å²) >= 11 is 0. The van der Waals surface area contributed by atoms with Gasteiger partial charge in [0.1, 0.15) is 0 Å². The second-order valence-corrected chi connectivity index (χ2v) is 6.06. The van der Waals surface area contributed by atoms with E-state index in [2.05, 4.69) is 55.4 Å². The summed E-state index contributed by atoms with van der Waals surface area (Å²) in [7, 11) is 2.08. The van der Waals surface area contributed by atoms with Crippen LogP contribution in [0.1, 0.15) is 23.1 Å². The molecular weight excluding hydrogens is 284 g/mol. The van der Waals surface area contributed by atoms with Gasteiger partial charge in [0.15, 0.2) is 0 Å². The van der Waals surface area contributed by atoms with Crippen LogP contribution in [0.25, 0.3) is 0 Å². The lowest BCUT2D eigenvalue weighted by molar-refractivity contribution is -0.120. The van der Waals surface area contributed by atoms with E-state index in [4.69, 9.17) is 0 Å². The fourth-order valence-electron chi connectivity index (χ4n) is 2.52. The van der Waals surface area contributed by atoms with E-state index in [0.29, 0.717) is 13.0 Å². The highest BCUT2D eigenvalue weighted by Crippen LogP contribution is 2.11. The monoisotopic (exact) mass is 310 g/mol. The number of nitrogens with zero attached hydrogens (tertiary/aromatic N) is 1. The molecule has 0 saturated carbocycles. The first kappa shape index (κ1) is 17.1. The highest BCUT2D eigenvalue weighted by Gasteiger charge is 2.05. The van der Waals surface area contributed by atoms with Gasteiger partial charge in [-0.25, -0.2) is 0 Å². The molecule has 1 N–H and O–H groups in total. The number of para-hydroxylation sites is 1. The zero-order valence-corrected chi connectivity index (χ0v) is 14.3. The molecule has 0 heterocycles. The van der Waals surface area contributed by atoms with E-state index in [1.54, 1.807) is 0 Å².